The van der Waals surface area contributed by atoms with Crippen molar-refractivity contribution in [2.24, 2.45) is 0 Å². The second-order valence-electron chi connectivity index (χ2n) is 9.10. The molecule has 1 spiro atoms. The zero-order valence-corrected chi connectivity index (χ0v) is 20.9. The molecule has 0 bridgehead atoms. The van der Waals surface area contributed by atoms with Crippen LogP contribution < -0.4 is 20.3 Å². The van der Waals surface area contributed by atoms with Crippen molar-refractivity contribution in [3.8, 4) is 5.75 Å². The molecule has 4 amide bonds. The molecule has 2 aromatic rings. The van der Waals surface area contributed by atoms with E-state index in [-0.39, 0.29) is 25.1 Å². The zero-order valence-electron chi connectivity index (χ0n) is 20.9. The van der Waals surface area contributed by atoms with Crippen LogP contribution in [-0.4, -0.2) is 71.6 Å². The molecule has 0 radical (unpaired) electrons. The van der Waals surface area contributed by atoms with E-state index in [2.05, 4.69) is 25.3 Å². The fourth-order valence-corrected chi connectivity index (χ4v) is 4.76. The number of ether oxygens (including phenoxy) is 2. The van der Waals surface area contributed by atoms with Gasteiger partial charge in [-0.1, -0.05) is 13.8 Å². The van der Waals surface area contributed by atoms with Crippen molar-refractivity contribution in [3.63, 3.8) is 0 Å². The molecule has 1 aromatic carbocycles. The zero-order chi connectivity index (χ0) is 27.6. The molecule has 1 saturated carbocycles. The van der Waals surface area contributed by atoms with E-state index >= 15 is 0 Å². The molecule has 2 unspecified atom stereocenters. The average molecular weight is 536 g/mol. The van der Waals surface area contributed by atoms with Gasteiger partial charge in [-0.15, -0.1) is 13.2 Å². The normalized spacial score (nSPS) is 22.5. The van der Waals surface area contributed by atoms with Crippen LogP contribution in [0.3, 0.4) is 0 Å². The van der Waals surface area contributed by atoms with Crippen molar-refractivity contribution in [1.29, 1.82) is 0 Å². The first kappa shape index (κ1) is 27.2. The number of alkyl carbamates (subject to hydrolysis) is 1. The number of alkyl halides is 3. The number of pyridine rings is 1. The van der Waals surface area contributed by atoms with Crippen LogP contribution in [0.4, 0.5) is 28.4 Å². The predicted octanol–water partition coefficient (Wildman–Crippen LogP) is 3.23. The van der Waals surface area contributed by atoms with E-state index in [0.29, 0.717) is 6.54 Å². The molecular formula is C25H28F3N5O5. The van der Waals surface area contributed by atoms with E-state index in [1.165, 1.54) is 12.1 Å². The number of carbonyl (C=O) groups is 3. The van der Waals surface area contributed by atoms with E-state index in [9.17, 15) is 27.6 Å². The Hall–Kier alpha value is -3.87. The van der Waals surface area contributed by atoms with Gasteiger partial charge in [0.15, 0.2) is 0 Å². The quantitative estimate of drug-likeness (QED) is 0.449. The highest BCUT2D eigenvalue weighted by Crippen LogP contribution is 2.54. The molecule has 4 rings (SSSR count). The summed E-state index contributed by atoms with van der Waals surface area (Å²) < 4.78 is 46.7. The molecule has 1 aliphatic carbocycles. The monoisotopic (exact) mass is 535 g/mol. The first-order valence-electron chi connectivity index (χ1n) is 12.1. The summed E-state index contributed by atoms with van der Waals surface area (Å²) >= 11 is 0. The summed E-state index contributed by atoms with van der Waals surface area (Å²) in [5.41, 5.74) is -1.80. The third kappa shape index (κ3) is 5.52. The summed E-state index contributed by atoms with van der Waals surface area (Å²) in [6.45, 7) is 6.29. The number of amides is 4. The maximum absolute atomic E-state index is 13.6. The summed E-state index contributed by atoms with van der Waals surface area (Å²) in [6.07, 6.45) is -2.14. The summed E-state index contributed by atoms with van der Waals surface area (Å²) in [4.78, 5) is 46.2. The Morgan fingerprint density at radius 1 is 1.13 bits per heavy atom. The topological polar surface area (TPSA) is 113 Å². The Balaban J connectivity index is 1.53. The predicted molar refractivity (Wildman–Crippen MR) is 129 cm³/mol. The highest BCUT2D eigenvalue weighted by Gasteiger charge is 2.78. The standard InChI is InChI=1S/C25H28F3N5O5/c1-3-32(4-2)13-14-37-22(36)31-23(15-17-9-11-29-12-10-17)16-24(23)20(34)33(21(35)30-24)18-5-7-19(8-6-18)38-25(26,27)28/h5-12H,3-4,13-16H2,1-2H3,(H,30,35)(H,31,36). The molecule has 1 saturated heterocycles. The van der Waals surface area contributed by atoms with Crippen LogP contribution in [0.25, 0.3) is 0 Å². The summed E-state index contributed by atoms with van der Waals surface area (Å²) in [7, 11) is 0. The van der Waals surface area contributed by atoms with Crippen LogP contribution in [0.1, 0.15) is 25.8 Å². The van der Waals surface area contributed by atoms with Gasteiger partial charge in [0.25, 0.3) is 5.91 Å². The number of nitrogens with one attached hydrogen (secondary N) is 2. The van der Waals surface area contributed by atoms with Gasteiger partial charge in [0.2, 0.25) is 0 Å². The van der Waals surface area contributed by atoms with Crippen LogP contribution in [0.15, 0.2) is 48.8 Å². The summed E-state index contributed by atoms with van der Waals surface area (Å²) in [5.74, 6) is -1.12. The van der Waals surface area contributed by atoms with Crippen LogP contribution in [0, 0.1) is 0 Å². The van der Waals surface area contributed by atoms with E-state index < -0.39 is 41.2 Å². The fourth-order valence-electron chi connectivity index (χ4n) is 4.76. The minimum absolute atomic E-state index is 0.0606. The minimum Gasteiger partial charge on any atom is -0.448 e. The van der Waals surface area contributed by atoms with Crippen LogP contribution in [-0.2, 0) is 16.0 Å². The average Bonchev–Trinajstić information content (AvgIpc) is 3.39. The number of rotatable bonds is 10. The maximum Gasteiger partial charge on any atom is 0.573 e. The highest BCUT2D eigenvalue weighted by molar-refractivity contribution is 6.25. The lowest BCUT2D eigenvalue weighted by molar-refractivity contribution is -0.274. The van der Waals surface area contributed by atoms with Gasteiger partial charge in [0.1, 0.15) is 17.9 Å². The Morgan fingerprint density at radius 2 is 1.79 bits per heavy atom. The van der Waals surface area contributed by atoms with Crippen LogP contribution in [0.5, 0.6) is 5.75 Å². The Morgan fingerprint density at radius 3 is 2.39 bits per heavy atom. The van der Waals surface area contributed by atoms with Crippen LogP contribution in [0.2, 0.25) is 0 Å². The van der Waals surface area contributed by atoms with Gasteiger partial charge in [0, 0.05) is 25.4 Å². The second-order valence-corrected chi connectivity index (χ2v) is 9.10. The molecule has 38 heavy (non-hydrogen) atoms. The van der Waals surface area contributed by atoms with Crippen molar-refractivity contribution in [1.82, 2.24) is 20.5 Å². The van der Waals surface area contributed by atoms with E-state index in [1.807, 2.05) is 13.8 Å². The number of nitrogens with zero attached hydrogens (tertiary/aromatic N) is 3. The van der Waals surface area contributed by atoms with Gasteiger partial charge in [-0.2, -0.15) is 0 Å². The van der Waals surface area contributed by atoms with E-state index in [4.69, 9.17) is 4.74 Å². The van der Waals surface area contributed by atoms with E-state index in [0.717, 1.165) is 35.7 Å². The molecular weight excluding hydrogens is 507 g/mol. The highest BCUT2D eigenvalue weighted by atomic mass is 19.4. The van der Waals surface area contributed by atoms with Gasteiger partial charge in [-0.25, -0.2) is 14.5 Å². The Kier molecular flexibility index (Phi) is 7.49. The van der Waals surface area contributed by atoms with E-state index in [1.54, 1.807) is 24.5 Å². The van der Waals surface area contributed by atoms with Crippen molar-refractivity contribution in [2.75, 3.05) is 31.1 Å². The number of aromatic nitrogens is 1. The number of benzene rings is 1. The molecule has 13 heteroatoms. The number of hydrogen-bond donors (Lipinski definition) is 2. The maximum atomic E-state index is 13.6. The summed E-state index contributed by atoms with van der Waals surface area (Å²) in [6, 6.07) is 7.10. The molecule has 2 heterocycles. The van der Waals surface area contributed by atoms with Gasteiger partial charge in [-0.3, -0.25) is 9.78 Å². The fraction of sp³-hybridized carbons (Fsp3) is 0.440. The number of urea groups is 1. The number of halogens is 3. The van der Waals surface area contributed by atoms with Gasteiger partial charge < -0.3 is 25.0 Å². The third-order valence-corrected chi connectivity index (χ3v) is 6.81. The van der Waals surface area contributed by atoms with Crippen molar-refractivity contribution >= 4 is 23.7 Å². The SMILES string of the molecule is CCN(CC)CCOC(=O)NC1(Cc2ccncc2)CC12NC(=O)N(c1ccc(OC(F)(F)F)cc1)C2=O. The largest absolute Gasteiger partial charge is 0.573 e. The molecule has 10 nitrogen and oxygen atoms in total. The van der Waals surface area contributed by atoms with Gasteiger partial charge >= 0.3 is 18.5 Å². The summed E-state index contributed by atoms with van der Waals surface area (Å²) in [5, 5.41) is 5.51. The lowest BCUT2D eigenvalue weighted by Gasteiger charge is -2.23. The lowest BCUT2D eigenvalue weighted by Crippen LogP contribution is -2.52. The smallest absolute Gasteiger partial charge is 0.448 e. The Bertz CT molecular complexity index is 1180. The third-order valence-electron chi connectivity index (χ3n) is 6.81. The number of hydrogen-bond acceptors (Lipinski definition) is 7. The van der Waals surface area contributed by atoms with Gasteiger partial charge in [0.05, 0.1) is 11.2 Å². The number of carbonyl (C=O) groups excluding carboxylic acids is 3. The number of anilines is 1. The minimum atomic E-state index is -4.88. The first-order chi connectivity index (χ1) is 18.0. The van der Waals surface area contributed by atoms with Crippen LogP contribution >= 0.6 is 0 Å². The number of imide groups is 1. The Labute approximate surface area is 217 Å². The van der Waals surface area contributed by atoms with Crippen molar-refractivity contribution in [3.05, 3.63) is 54.4 Å². The molecule has 2 atom stereocenters. The molecule has 1 aromatic heterocycles. The molecule has 1 aliphatic heterocycles. The first-order valence-corrected chi connectivity index (χ1v) is 12.1. The molecule has 2 fully saturated rings. The second kappa shape index (κ2) is 10.5. The van der Waals surface area contributed by atoms with Crippen molar-refractivity contribution < 1.29 is 37.0 Å². The van der Waals surface area contributed by atoms with Gasteiger partial charge in [-0.05, 0) is 61.5 Å². The molecule has 2 aliphatic rings. The molecule has 204 valence electrons. The van der Waals surface area contributed by atoms with Crippen molar-refractivity contribution in [2.45, 2.75) is 44.1 Å². The lowest BCUT2D eigenvalue weighted by atomic mass is 9.99. The number of likely N-dealkylation sites (N-methyl/N-ethyl adjacent to an activating group) is 1. The molecule has 2 N–H and O–H groups in total.